The number of nitrogens with zero attached hydrogens (tertiary/aromatic N) is 3. The molecule has 1 saturated heterocycles. The summed E-state index contributed by atoms with van der Waals surface area (Å²) >= 11 is 0. The van der Waals surface area contributed by atoms with Crippen LogP contribution in [0.4, 0.5) is 0 Å². The first-order chi connectivity index (χ1) is 17.6. The number of hydrogen-bond donors (Lipinski definition) is 2. The quantitative estimate of drug-likeness (QED) is 0.577. The van der Waals surface area contributed by atoms with E-state index in [1.807, 2.05) is 42.5 Å². The molecular weight excluding hydrogens is 458 g/mol. The minimum atomic E-state index is -0.333. The number of aromatic nitrogens is 2. The highest BCUT2D eigenvalue weighted by atomic mass is 16.5. The Morgan fingerprint density at radius 1 is 1.00 bits per heavy atom. The van der Waals surface area contributed by atoms with Crippen LogP contribution in [0.5, 0.6) is 11.5 Å². The summed E-state index contributed by atoms with van der Waals surface area (Å²) in [6.07, 6.45) is 4.86. The van der Waals surface area contributed by atoms with E-state index >= 15 is 0 Å². The fourth-order valence-electron chi connectivity index (χ4n) is 4.96. The van der Waals surface area contributed by atoms with E-state index in [0.717, 1.165) is 35.5 Å². The minimum Gasteiger partial charge on any atom is -0.457 e. The molecule has 1 aliphatic carbocycles. The molecule has 9 heteroatoms. The molecule has 0 radical (unpaired) electrons. The molecule has 0 unspecified atom stereocenters. The van der Waals surface area contributed by atoms with Crippen molar-refractivity contribution in [3.8, 4) is 11.5 Å². The van der Waals surface area contributed by atoms with Gasteiger partial charge in [0.2, 0.25) is 5.91 Å². The predicted octanol–water partition coefficient (Wildman–Crippen LogP) is 2.71. The fourth-order valence-corrected chi connectivity index (χ4v) is 4.96. The molecule has 2 aliphatic heterocycles. The van der Waals surface area contributed by atoms with E-state index in [4.69, 9.17) is 9.47 Å². The number of aromatic amines is 1. The number of hydrogen-bond acceptors (Lipinski definition) is 6. The van der Waals surface area contributed by atoms with Gasteiger partial charge in [0.05, 0.1) is 37.8 Å². The summed E-state index contributed by atoms with van der Waals surface area (Å²) in [4.78, 5) is 36.9. The second-order valence-corrected chi connectivity index (χ2v) is 9.73. The third-order valence-corrected chi connectivity index (χ3v) is 6.92. The van der Waals surface area contributed by atoms with Gasteiger partial charge in [0.15, 0.2) is 0 Å². The second kappa shape index (κ2) is 9.75. The van der Waals surface area contributed by atoms with Crippen LogP contribution in [-0.2, 0) is 22.7 Å². The summed E-state index contributed by atoms with van der Waals surface area (Å²) in [6.45, 7) is 2.07. The maximum Gasteiger partial charge on any atom is 0.272 e. The molecule has 2 fully saturated rings. The van der Waals surface area contributed by atoms with Crippen molar-refractivity contribution in [1.82, 2.24) is 25.1 Å². The van der Waals surface area contributed by atoms with Crippen molar-refractivity contribution in [1.29, 1.82) is 0 Å². The van der Waals surface area contributed by atoms with Gasteiger partial charge in [-0.3, -0.25) is 14.5 Å². The third kappa shape index (κ3) is 5.12. The molecular formula is C27H29N5O4. The first-order valence-corrected chi connectivity index (χ1v) is 12.4. The molecule has 1 aromatic heterocycles. The average molecular weight is 488 g/mol. The molecule has 2 amide bonds. The molecule has 3 heterocycles. The molecule has 2 atom stereocenters. The largest absolute Gasteiger partial charge is 0.457 e. The van der Waals surface area contributed by atoms with Gasteiger partial charge >= 0.3 is 0 Å². The number of fused-ring (bicyclic) bond motifs is 5. The number of amides is 2. The Bertz CT molecular complexity index is 1240. The fraction of sp³-hybridized carbons (Fsp3) is 0.370. The number of likely N-dealkylation sites (tertiary alicyclic amines) is 1. The number of benzene rings is 2. The Balaban J connectivity index is 1.27. The number of H-pyrrole nitrogens is 1. The van der Waals surface area contributed by atoms with Gasteiger partial charge in [-0.1, -0.05) is 24.3 Å². The number of rotatable bonds is 2. The molecule has 9 nitrogen and oxygen atoms in total. The van der Waals surface area contributed by atoms with Crippen LogP contribution in [0.15, 0.2) is 61.1 Å². The molecule has 3 aromatic rings. The lowest BCUT2D eigenvalue weighted by molar-refractivity contribution is -0.124. The maximum absolute atomic E-state index is 13.2. The van der Waals surface area contributed by atoms with Crippen molar-refractivity contribution < 1.29 is 19.1 Å². The second-order valence-electron chi connectivity index (χ2n) is 9.73. The molecule has 186 valence electrons. The molecule has 3 aliphatic rings. The van der Waals surface area contributed by atoms with Gasteiger partial charge in [-0.05, 0) is 48.2 Å². The first kappa shape index (κ1) is 22.8. The van der Waals surface area contributed by atoms with Gasteiger partial charge in [0, 0.05) is 25.7 Å². The summed E-state index contributed by atoms with van der Waals surface area (Å²) in [5.41, 5.74) is 2.48. The molecule has 0 spiro atoms. The average Bonchev–Trinajstić information content (AvgIpc) is 3.42. The molecule has 2 aromatic carbocycles. The third-order valence-electron chi connectivity index (χ3n) is 6.92. The number of carbonyl (C=O) groups is 2. The van der Waals surface area contributed by atoms with Crippen molar-refractivity contribution in [2.45, 2.75) is 44.2 Å². The Labute approximate surface area is 209 Å². The van der Waals surface area contributed by atoms with E-state index in [0.29, 0.717) is 44.5 Å². The smallest absolute Gasteiger partial charge is 0.272 e. The first-order valence-electron chi connectivity index (χ1n) is 12.4. The van der Waals surface area contributed by atoms with Gasteiger partial charge in [0.1, 0.15) is 17.2 Å². The Morgan fingerprint density at radius 2 is 1.78 bits per heavy atom. The topological polar surface area (TPSA) is 99.8 Å². The van der Waals surface area contributed by atoms with Crippen LogP contribution in [0, 0.1) is 0 Å². The van der Waals surface area contributed by atoms with E-state index in [1.165, 1.54) is 12.5 Å². The van der Waals surface area contributed by atoms with E-state index in [2.05, 4.69) is 26.3 Å². The minimum absolute atomic E-state index is 0.0576. The van der Waals surface area contributed by atoms with Gasteiger partial charge < -0.3 is 24.7 Å². The highest BCUT2D eigenvalue weighted by molar-refractivity contribution is 5.92. The number of nitrogens with one attached hydrogen (secondary N) is 2. The molecule has 1 saturated carbocycles. The SMILES string of the molecule is O=C1CN(C2CC2)Cc2cccc(c2)Oc2cccc(c2)CO[C@H]2CN(C(=O)c3cnc[nH]3)C[C@@H]2N1. The molecule has 4 bridgehead atoms. The van der Waals surface area contributed by atoms with Crippen LogP contribution in [-0.4, -0.2) is 69.4 Å². The van der Waals surface area contributed by atoms with Crippen molar-refractivity contribution in [3.63, 3.8) is 0 Å². The molecule has 6 rings (SSSR count). The Kier molecular flexibility index (Phi) is 6.16. The zero-order chi connectivity index (χ0) is 24.5. The van der Waals surface area contributed by atoms with E-state index in [1.54, 1.807) is 4.90 Å². The summed E-state index contributed by atoms with van der Waals surface area (Å²) in [5.74, 6) is 1.30. The lowest BCUT2D eigenvalue weighted by Gasteiger charge is -2.25. The zero-order valence-corrected chi connectivity index (χ0v) is 19.9. The number of carbonyl (C=O) groups excluding carboxylic acids is 2. The van der Waals surface area contributed by atoms with Crippen molar-refractivity contribution >= 4 is 11.8 Å². The summed E-state index contributed by atoms with van der Waals surface area (Å²) < 4.78 is 12.4. The highest BCUT2D eigenvalue weighted by Crippen LogP contribution is 2.30. The standard InChI is InChI=1S/C27H29N5O4/c33-26-15-31(20-7-8-20)12-18-3-1-5-21(9-18)36-22-6-2-4-19(10-22)16-35-25-14-32(13-24(25)30-26)27(34)23-11-28-17-29-23/h1-6,9-11,17,20,24-25H,7-8,12-16H2,(H,28,29)(H,30,33)/t24-,25-/m0/s1. The van der Waals surface area contributed by atoms with Gasteiger partial charge in [-0.25, -0.2) is 4.98 Å². The highest BCUT2D eigenvalue weighted by Gasteiger charge is 2.38. The van der Waals surface area contributed by atoms with Gasteiger partial charge in [-0.15, -0.1) is 0 Å². The van der Waals surface area contributed by atoms with Crippen LogP contribution in [0.25, 0.3) is 0 Å². The van der Waals surface area contributed by atoms with Crippen LogP contribution in [0.2, 0.25) is 0 Å². The lowest BCUT2D eigenvalue weighted by Crippen LogP contribution is -2.48. The van der Waals surface area contributed by atoms with Crippen LogP contribution in [0.3, 0.4) is 0 Å². The van der Waals surface area contributed by atoms with E-state index in [-0.39, 0.29) is 24.0 Å². The number of imidazole rings is 1. The van der Waals surface area contributed by atoms with Crippen LogP contribution in [0.1, 0.15) is 34.5 Å². The zero-order valence-electron chi connectivity index (χ0n) is 19.9. The molecule has 2 N–H and O–H groups in total. The summed E-state index contributed by atoms with van der Waals surface area (Å²) in [5, 5.41) is 3.17. The Morgan fingerprint density at radius 3 is 2.53 bits per heavy atom. The van der Waals surface area contributed by atoms with Crippen LogP contribution >= 0.6 is 0 Å². The van der Waals surface area contributed by atoms with Crippen molar-refractivity contribution in [3.05, 3.63) is 77.9 Å². The number of ether oxygens (including phenoxy) is 2. The molecule has 36 heavy (non-hydrogen) atoms. The van der Waals surface area contributed by atoms with Gasteiger partial charge in [-0.2, -0.15) is 0 Å². The van der Waals surface area contributed by atoms with Gasteiger partial charge in [0.25, 0.3) is 5.91 Å². The van der Waals surface area contributed by atoms with Crippen molar-refractivity contribution in [2.75, 3.05) is 19.6 Å². The Hall–Kier alpha value is -3.69. The lowest BCUT2D eigenvalue weighted by atomic mass is 10.1. The normalized spacial score (nSPS) is 23.0. The van der Waals surface area contributed by atoms with E-state index < -0.39 is 0 Å². The summed E-state index contributed by atoms with van der Waals surface area (Å²) in [6, 6.07) is 16.0. The monoisotopic (exact) mass is 487 g/mol. The van der Waals surface area contributed by atoms with E-state index in [9.17, 15) is 9.59 Å². The van der Waals surface area contributed by atoms with Crippen molar-refractivity contribution in [2.24, 2.45) is 0 Å². The predicted molar refractivity (Wildman–Crippen MR) is 131 cm³/mol. The summed E-state index contributed by atoms with van der Waals surface area (Å²) in [7, 11) is 0. The van der Waals surface area contributed by atoms with Crippen LogP contribution < -0.4 is 10.1 Å². The maximum atomic E-state index is 13.2.